The van der Waals surface area contributed by atoms with Gasteiger partial charge in [-0.15, -0.1) is 0 Å². The van der Waals surface area contributed by atoms with Crippen LogP contribution in [-0.4, -0.2) is 38.9 Å². The number of nitrogens with two attached hydrogens (primary N) is 1. The van der Waals surface area contributed by atoms with E-state index in [1.807, 2.05) is 0 Å². The minimum absolute atomic E-state index is 0.567. The maximum Gasteiger partial charge on any atom is 0.276 e. The third kappa shape index (κ3) is 4.46. The molecule has 0 aromatic heterocycles. The van der Waals surface area contributed by atoms with Crippen LogP contribution in [0.5, 0.6) is 0 Å². The molecule has 1 aliphatic rings. The molecule has 0 atom stereocenters. The summed E-state index contributed by atoms with van der Waals surface area (Å²) in [6, 6.07) is 0. The second-order valence-corrected chi connectivity index (χ2v) is 5.64. The molecular weight excluding hydrogens is 214 g/mol. The van der Waals surface area contributed by atoms with Gasteiger partial charge in [0.1, 0.15) is 0 Å². The van der Waals surface area contributed by atoms with Crippen molar-refractivity contribution < 1.29 is 8.42 Å². The fourth-order valence-electron chi connectivity index (χ4n) is 1.85. The highest BCUT2D eigenvalue weighted by atomic mass is 32.2. The molecule has 0 aromatic rings. The molecule has 1 rings (SSSR count). The van der Waals surface area contributed by atoms with Gasteiger partial charge in [-0.2, -0.15) is 12.7 Å². The number of nitrogens with one attached hydrogen (secondary N) is 1. The van der Waals surface area contributed by atoms with Gasteiger partial charge in [0.15, 0.2) is 0 Å². The summed E-state index contributed by atoms with van der Waals surface area (Å²) < 4.78 is 23.4. The van der Waals surface area contributed by atoms with Crippen molar-refractivity contribution >= 4 is 10.2 Å². The molecule has 0 radical (unpaired) electrons. The molecular formula is C9H21N3O2S. The zero-order valence-corrected chi connectivity index (χ0v) is 10.1. The number of nitrogens with zero attached hydrogens (tertiary/aromatic N) is 1. The van der Waals surface area contributed by atoms with Crippen molar-refractivity contribution in [2.45, 2.75) is 26.2 Å². The van der Waals surface area contributed by atoms with Crippen LogP contribution in [0.4, 0.5) is 0 Å². The van der Waals surface area contributed by atoms with Crippen molar-refractivity contribution in [2.24, 2.45) is 11.1 Å². The fourth-order valence-corrected chi connectivity index (χ4v) is 2.57. The Hall–Kier alpha value is -0.170. The van der Waals surface area contributed by atoms with E-state index in [9.17, 15) is 8.42 Å². The molecule has 5 nitrogen and oxygen atoms in total. The van der Waals surface area contributed by atoms with Gasteiger partial charge in [-0.1, -0.05) is 6.92 Å². The zero-order valence-electron chi connectivity index (χ0n) is 9.28. The standard InChI is InChI=1S/C9H21N3O2S/c1-2-5-11-8-9-3-6-12(7-4-9)15(10,13)14/h9,11H,2-8H2,1H3,(H2,10,13,14). The molecule has 90 valence electrons. The Morgan fingerprint density at radius 3 is 2.47 bits per heavy atom. The summed E-state index contributed by atoms with van der Waals surface area (Å²) >= 11 is 0. The third-order valence-corrected chi connectivity index (χ3v) is 3.88. The summed E-state index contributed by atoms with van der Waals surface area (Å²) in [5, 5.41) is 8.42. The Morgan fingerprint density at radius 1 is 1.40 bits per heavy atom. The minimum Gasteiger partial charge on any atom is -0.316 e. The number of hydrogen-bond donors (Lipinski definition) is 2. The summed E-state index contributed by atoms with van der Waals surface area (Å²) in [5.41, 5.74) is 0. The van der Waals surface area contributed by atoms with Crippen LogP contribution in [0, 0.1) is 5.92 Å². The van der Waals surface area contributed by atoms with Gasteiger partial charge >= 0.3 is 0 Å². The lowest BCUT2D eigenvalue weighted by Crippen LogP contribution is -2.43. The van der Waals surface area contributed by atoms with Gasteiger partial charge in [-0.25, -0.2) is 5.14 Å². The Labute approximate surface area is 92.2 Å². The predicted octanol–water partition coefficient (Wildman–Crippen LogP) is -0.0985. The topological polar surface area (TPSA) is 75.4 Å². The molecule has 1 fully saturated rings. The second kappa shape index (κ2) is 5.79. The van der Waals surface area contributed by atoms with Gasteiger partial charge in [0.2, 0.25) is 0 Å². The molecule has 0 aromatic carbocycles. The average molecular weight is 235 g/mol. The van der Waals surface area contributed by atoms with Crippen LogP contribution in [-0.2, 0) is 10.2 Å². The van der Waals surface area contributed by atoms with Gasteiger partial charge < -0.3 is 5.32 Å². The number of piperidine rings is 1. The second-order valence-electron chi connectivity index (χ2n) is 4.09. The number of hydrogen-bond acceptors (Lipinski definition) is 3. The maximum absolute atomic E-state index is 11.0. The molecule has 0 saturated carbocycles. The summed E-state index contributed by atoms with van der Waals surface area (Å²) in [6.07, 6.45) is 2.95. The molecule has 1 aliphatic heterocycles. The molecule has 15 heavy (non-hydrogen) atoms. The Morgan fingerprint density at radius 2 is 2.00 bits per heavy atom. The summed E-state index contributed by atoms with van der Waals surface area (Å²) in [6.45, 7) is 5.30. The Bertz CT molecular complexity index is 271. The van der Waals surface area contributed by atoms with Gasteiger partial charge in [-0.05, 0) is 38.3 Å². The van der Waals surface area contributed by atoms with E-state index in [0.29, 0.717) is 19.0 Å². The van der Waals surface area contributed by atoms with E-state index >= 15 is 0 Å². The van der Waals surface area contributed by atoms with Crippen LogP contribution in [0.25, 0.3) is 0 Å². The fraction of sp³-hybridized carbons (Fsp3) is 1.00. The van der Waals surface area contributed by atoms with E-state index in [1.165, 1.54) is 4.31 Å². The smallest absolute Gasteiger partial charge is 0.276 e. The van der Waals surface area contributed by atoms with Crippen LogP contribution in [0.3, 0.4) is 0 Å². The highest BCUT2D eigenvalue weighted by Crippen LogP contribution is 2.17. The maximum atomic E-state index is 11.0. The lowest BCUT2D eigenvalue weighted by atomic mass is 9.98. The van der Waals surface area contributed by atoms with Crippen LogP contribution in [0.1, 0.15) is 26.2 Å². The van der Waals surface area contributed by atoms with Crippen LogP contribution >= 0.6 is 0 Å². The van der Waals surface area contributed by atoms with Crippen molar-refractivity contribution in [3.63, 3.8) is 0 Å². The summed E-state index contributed by atoms with van der Waals surface area (Å²) in [5.74, 6) is 0.592. The van der Waals surface area contributed by atoms with Crippen molar-refractivity contribution in [1.29, 1.82) is 0 Å². The quantitative estimate of drug-likeness (QED) is 0.654. The third-order valence-electron chi connectivity index (χ3n) is 2.79. The first kappa shape index (κ1) is 12.9. The van der Waals surface area contributed by atoms with Crippen LogP contribution < -0.4 is 10.5 Å². The van der Waals surface area contributed by atoms with E-state index in [4.69, 9.17) is 5.14 Å². The highest BCUT2D eigenvalue weighted by molar-refractivity contribution is 7.86. The van der Waals surface area contributed by atoms with Gasteiger partial charge in [0.05, 0.1) is 0 Å². The summed E-state index contributed by atoms with van der Waals surface area (Å²) in [7, 11) is -3.46. The normalized spacial score (nSPS) is 20.7. The number of rotatable bonds is 5. The molecule has 0 amide bonds. The van der Waals surface area contributed by atoms with Crippen molar-refractivity contribution in [2.75, 3.05) is 26.2 Å². The van der Waals surface area contributed by atoms with Gasteiger partial charge in [-0.3, -0.25) is 0 Å². The monoisotopic (exact) mass is 235 g/mol. The van der Waals surface area contributed by atoms with Crippen molar-refractivity contribution in [3.8, 4) is 0 Å². The first-order chi connectivity index (χ1) is 7.04. The van der Waals surface area contributed by atoms with Gasteiger partial charge in [0.25, 0.3) is 10.2 Å². The van der Waals surface area contributed by atoms with E-state index in [2.05, 4.69) is 12.2 Å². The predicted molar refractivity (Wildman–Crippen MR) is 60.6 cm³/mol. The average Bonchev–Trinajstić information content (AvgIpc) is 2.18. The first-order valence-corrected chi connectivity index (χ1v) is 7.03. The van der Waals surface area contributed by atoms with E-state index in [1.54, 1.807) is 0 Å². The van der Waals surface area contributed by atoms with Crippen molar-refractivity contribution in [1.82, 2.24) is 9.62 Å². The molecule has 3 N–H and O–H groups in total. The lowest BCUT2D eigenvalue weighted by molar-refractivity contribution is 0.268. The molecule has 0 unspecified atom stereocenters. The van der Waals surface area contributed by atoms with Crippen molar-refractivity contribution in [3.05, 3.63) is 0 Å². The van der Waals surface area contributed by atoms with E-state index in [-0.39, 0.29) is 0 Å². The van der Waals surface area contributed by atoms with E-state index in [0.717, 1.165) is 32.4 Å². The molecule has 1 heterocycles. The Balaban J connectivity index is 2.24. The summed E-state index contributed by atoms with van der Waals surface area (Å²) in [4.78, 5) is 0. The SMILES string of the molecule is CCCNCC1CCN(S(N)(=O)=O)CC1. The first-order valence-electron chi connectivity index (χ1n) is 5.52. The highest BCUT2D eigenvalue weighted by Gasteiger charge is 2.24. The lowest BCUT2D eigenvalue weighted by Gasteiger charge is -2.29. The largest absolute Gasteiger partial charge is 0.316 e. The van der Waals surface area contributed by atoms with Crippen LogP contribution in [0.15, 0.2) is 0 Å². The minimum atomic E-state index is -3.46. The zero-order chi connectivity index (χ0) is 11.3. The molecule has 0 spiro atoms. The van der Waals surface area contributed by atoms with Crippen LogP contribution in [0.2, 0.25) is 0 Å². The van der Waals surface area contributed by atoms with Gasteiger partial charge in [0, 0.05) is 13.1 Å². The van der Waals surface area contributed by atoms with E-state index < -0.39 is 10.2 Å². The molecule has 1 saturated heterocycles. The Kier molecular flexibility index (Phi) is 4.98. The molecule has 0 bridgehead atoms. The molecule has 0 aliphatic carbocycles. The molecule has 6 heteroatoms.